The third kappa shape index (κ3) is 5.39. The van der Waals surface area contributed by atoms with E-state index < -0.39 is 0 Å². The topological polar surface area (TPSA) is 66.9 Å². The predicted octanol–water partition coefficient (Wildman–Crippen LogP) is 4.97. The summed E-state index contributed by atoms with van der Waals surface area (Å²) in [5.41, 5.74) is 4.65. The van der Waals surface area contributed by atoms with Crippen molar-refractivity contribution in [3.05, 3.63) is 72.1 Å². The van der Waals surface area contributed by atoms with E-state index in [1.165, 1.54) is 5.56 Å². The normalized spacial score (nSPS) is 10.7. The zero-order valence-electron chi connectivity index (χ0n) is 16.6. The van der Waals surface area contributed by atoms with Crippen molar-refractivity contribution >= 4 is 17.5 Å². The summed E-state index contributed by atoms with van der Waals surface area (Å²) < 4.78 is 0. The Bertz CT molecular complexity index is 935. The zero-order chi connectivity index (χ0) is 19.9. The van der Waals surface area contributed by atoms with Gasteiger partial charge in [-0.25, -0.2) is 9.97 Å². The smallest absolute Gasteiger partial charge is 0.251 e. The Morgan fingerprint density at radius 3 is 2.46 bits per heavy atom. The first kappa shape index (κ1) is 19.5. The second-order valence-corrected chi connectivity index (χ2v) is 7.31. The molecule has 0 atom stereocenters. The van der Waals surface area contributed by atoms with Gasteiger partial charge in [-0.3, -0.25) is 4.79 Å². The van der Waals surface area contributed by atoms with Gasteiger partial charge in [0.05, 0.1) is 0 Å². The molecule has 0 radical (unpaired) electrons. The third-order valence-electron chi connectivity index (χ3n) is 4.39. The number of rotatable bonds is 7. The monoisotopic (exact) mass is 374 g/mol. The van der Waals surface area contributed by atoms with Crippen molar-refractivity contribution in [1.82, 2.24) is 15.3 Å². The minimum absolute atomic E-state index is 0.0694. The van der Waals surface area contributed by atoms with Crippen molar-refractivity contribution in [3.8, 4) is 11.1 Å². The summed E-state index contributed by atoms with van der Waals surface area (Å²) in [6.45, 7) is 7.02. The third-order valence-corrected chi connectivity index (χ3v) is 4.39. The summed E-state index contributed by atoms with van der Waals surface area (Å²) in [5, 5.41) is 6.11. The molecule has 0 aliphatic rings. The second kappa shape index (κ2) is 9.13. The van der Waals surface area contributed by atoms with Gasteiger partial charge in [-0.15, -0.1) is 0 Å². The Balaban J connectivity index is 1.66. The van der Waals surface area contributed by atoms with Gasteiger partial charge in [0.25, 0.3) is 5.91 Å². The first-order valence-electron chi connectivity index (χ1n) is 9.55. The summed E-state index contributed by atoms with van der Waals surface area (Å²) in [6, 6.07) is 15.6. The SMILES string of the molecule is Cc1cccc(-c2cnc(Nc3cccc(C(=O)NCCC(C)C)c3)nc2)c1. The lowest BCUT2D eigenvalue weighted by atomic mass is 10.1. The number of carbonyl (C=O) groups excluding carboxylic acids is 1. The van der Waals surface area contributed by atoms with Crippen LogP contribution in [0.3, 0.4) is 0 Å². The molecule has 3 aromatic rings. The van der Waals surface area contributed by atoms with Crippen LogP contribution in [0.2, 0.25) is 0 Å². The van der Waals surface area contributed by atoms with Crippen LogP contribution in [-0.2, 0) is 0 Å². The van der Waals surface area contributed by atoms with Gasteiger partial charge in [0.1, 0.15) is 0 Å². The maximum Gasteiger partial charge on any atom is 0.251 e. The van der Waals surface area contributed by atoms with E-state index in [-0.39, 0.29) is 5.91 Å². The number of benzene rings is 2. The van der Waals surface area contributed by atoms with Crippen LogP contribution in [-0.4, -0.2) is 22.4 Å². The zero-order valence-corrected chi connectivity index (χ0v) is 16.6. The van der Waals surface area contributed by atoms with Gasteiger partial charge < -0.3 is 10.6 Å². The Morgan fingerprint density at radius 1 is 1.00 bits per heavy atom. The van der Waals surface area contributed by atoms with Crippen molar-refractivity contribution in [3.63, 3.8) is 0 Å². The number of amides is 1. The van der Waals surface area contributed by atoms with Crippen LogP contribution in [0.5, 0.6) is 0 Å². The molecule has 0 unspecified atom stereocenters. The first-order valence-corrected chi connectivity index (χ1v) is 9.55. The van der Waals surface area contributed by atoms with Crippen LogP contribution >= 0.6 is 0 Å². The molecule has 0 spiro atoms. The van der Waals surface area contributed by atoms with Crippen molar-refractivity contribution in [2.45, 2.75) is 27.2 Å². The van der Waals surface area contributed by atoms with Crippen molar-refractivity contribution in [1.29, 1.82) is 0 Å². The van der Waals surface area contributed by atoms with E-state index in [2.05, 4.69) is 53.5 Å². The maximum absolute atomic E-state index is 12.3. The van der Waals surface area contributed by atoms with Crippen LogP contribution in [0.1, 0.15) is 36.2 Å². The highest BCUT2D eigenvalue weighted by Gasteiger charge is 2.07. The number of carbonyl (C=O) groups is 1. The highest BCUT2D eigenvalue weighted by Crippen LogP contribution is 2.20. The minimum atomic E-state index is -0.0694. The van der Waals surface area contributed by atoms with Crippen molar-refractivity contribution in [2.24, 2.45) is 5.92 Å². The summed E-state index contributed by atoms with van der Waals surface area (Å²) in [5.74, 6) is 0.988. The molecule has 2 N–H and O–H groups in total. The molecule has 0 aliphatic carbocycles. The standard InChI is InChI=1S/C23H26N4O/c1-16(2)10-11-24-22(28)19-8-5-9-21(13-19)27-23-25-14-20(15-26-23)18-7-4-6-17(3)12-18/h4-9,12-16H,10-11H2,1-3H3,(H,24,28)(H,25,26,27). The molecule has 28 heavy (non-hydrogen) atoms. The van der Waals surface area contributed by atoms with Crippen LogP contribution in [0.15, 0.2) is 60.9 Å². The molecule has 0 bridgehead atoms. The van der Waals surface area contributed by atoms with Gasteiger partial charge in [-0.2, -0.15) is 0 Å². The van der Waals surface area contributed by atoms with E-state index in [0.29, 0.717) is 24.0 Å². The molecule has 1 aromatic heterocycles. The number of aromatic nitrogens is 2. The largest absolute Gasteiger partial charge is 0.352 e. The molecule has 0 saturated carbocycles. The average molecular weight is 374 g/mol. The summed E-state index contributed by atoms with van der Waals surface area (Å²) >= 11 is 0. The van der Waals surface area contributed by atoms with Crippen molar-refractivity contribution < 1.29 is 4.79 Å². The van der Waals surface area contributed by atoms with Crippen LogP contribution in [0.25, 0.3) is 11.1 Å². The van der Waals surface area contributed by atoms with Gasteiger partial charge in [-0.05, 0) is 43.0 Å². The second-order valence-electron chi connectivity index (χ2n) is 7.31. The fraction of sp³-hybridized carbons (Fsp3) is 0.261. The molecule has 2 aromatic carbocycles. The molecule has 5 heteroatoms. The molecule has 0 saturated heterocycles. The highest BCUT2D eigenvalue weighted by atomic mass is 16.1. The Morgan fingerprint density at radius 2 is 1.75 bits per heavy atom. The summed E-state index contributed by atoms with van der Waals surface area (Å²) in [6.07, 6.45) is 4.56. The number of hydrogen-bond acceptors (Lipinski definition) is 4. The number of nitrogens with zero attached hydrogens (tertiary/aromatic N) is 2. The minimum Gasteiger partial charge on any atom is -0.352 e. The number of hydrogen-bond donors (Lipinski definition) is 2. The molecule has 1 amide bonds. The van der Waals surface area contributed by atoms with Crippen LogP contribution in [0, 0.1) is 12.8 Å². The Labute approximate surface area is 166 Å². The molecular formula is C23H26N4O. The summed E-state index contributed by atoms with van der Waals surface area (Å²) in [7, 11) is 0. The molecule has 0 aliphatic heterocycles. The van der Waals surface area contributed by atoms with Gasteiger partial charge in [0.2, 0.25) is 5.95 Å². The fourth-order valence-electron chi connectivity index (χ4n) is 2.81. The van der Waals surface area contributed by atoms with E-state index in [9.17, 15) is 4.79 Å². The lowest BCUT2D eigenvalue weighted by Gasteiger charge is -2.09. The molecule has 3 rings (SSSR count). The van der Waals surface area contributed by atoms with Crippen LogP contribution in [0.4, 0.5) is 11.6 Å². The van der Waals surface area contributed by atoms with Gasteiger partial charge in [0.15, 0.2) is 0 Å². The van der Waals surface area contributed by atoms with E-state index in [4.69, 9.17) is 0 Å². The molecule has 1 heterocycles. The van der Waals surface area contributed by atoms with Gasteiger partial charge >= 0.3 is 0 Å². The Kier molecular flexibility index (Phi) is 6.37. The number of aryl methyl sites for hydroxylation is 1. The van der Waals surface area contributed by atoms with E-state index in [1.807, 2.05) is 30.3 Å². The van der Waals surface area contributed by atoms with E-state index in [1.54, 1.807) is 18.5 Å². The van der Waals surface area contributed by atoms with Gasteiger partial charge in [0, 0.05) is 35.8 Å². The predicted molar refractivity (Wildman–Crippen MR) is 114 cm³/mol. The van der Waals surface area contributed by atoms with Crippen molar-refractivity contribution in [2.75, 3.05) is 11.9 Å². The summed E-state index contributed by atoms with van der Waals surface area (Å²) in [4.78, 5) is 21.1. The number of nitrogens with one attached hydrogen (secondary N) is 2. The molecule has 5 nitrogen and oxygen atoms in total. The number of anilines is 2. The van der Waals surface area contributed by atoms with E-state index >= 15 is 0 Å². The van der Waals surface area contributed by atoms with E-state index in [0.717, 1.165) is 23.2 Å². The Hall–Kier alpha value is -3.21. The van der Waals surface area contributed by atoms with Crippen LogP contribution < -0.4 is 10.6 Å². The lowest BCUT2D eigenvalue weighted by molar-refractivity contribution is 0.0952. The fourth-order valence-corrected chi connectivity index (χ4v) is 2.81. The highest BCUT2D eigenvalue weighted by molar-refractivity contribution is 5.95. The molecular weight excluding hydrogens is 348 g/mol. The average Bonchev–Trinajstić information content (AvgIpc) is 2.68. The van der Waals surface area contributed by atoms with Gasteiger partial charge in [-0.1, -0.05) is 49.7 Å². The first-order chi connectivity index (χ1) is 13.5. The molecule has 0 fully saturated rings. The maximum atomic E-state index is 12.3. The molecule has 144 valence electrons. The quantitative estimate of drug-likeness (QED) is 0.613. The lowest BCUT2D eigenvalue weighted by Crippen LogP contribution is -2.25.